The Kier molecular flexibility index (Phi) is 7.33. The fourth-order valence-corrected chi connectivity index (χ4v) is 1.54. The van der Waals surface area contributed by atoms with Crippen LogP contribution in [0.3, 0.4) is 0 Å². The SMILES string of the molecule is CCNC(=O)NC(=O)Cn1cc(C(OCC)OCC)nn1. The number of urea groups is 1. The van der Waals surface area contributed by atoms with Gasteiger partial charge in [0.05, 0.1) is 6.20 Å². The van der Waals surface area contributed by atoms with Crippen molar-refractivity contribution in [3.05, 3.63) is 11.9 Å². The summed E-state index contributed by atoms with van der Waals surface area (Å²) in [5.74, 6) is -0.484. The van der Waals surface area contributed by atoms with Gasteiger partial charge in [0.25, 0.3) is 0 Å². The highest BCUT2D eigenvalue weighted by molar-refractivity contribution is 5.94. The van der Waals surface area contributed by atoms with Gasteiger partial charge in [0.2, 0.25) is 12.2 Å². The third-order valence-corrected chi connectivity index (χ3v) is 2.33. The monoisotopic (exact) mass is 299 g/mol. The van der Waals surface area contributed by atoms with Gasteiger partial charge < -0.3 is 14.8 Å². The molecule has 0 spiro atoms. The number of hydrogen-bond acceptors (Lipinski definition) is 6. The molecular formula is C12H21N5O4. The van der Waals surface area contributed by atoms with E-state index in [0.717, 1.165) is 0 Å². The minimum Gasteiger partial charge on any atom is -0.347 e. The van der Waals surface area contributed by atoms with Crippen LogP contribution < -0.4 is 10.6 Å². The average Bonchev–Trinajstić information content (AvgIpc) is 2.86. The molecule has 0 saturated heterocycles. The maximum absolute atomic E-state index is 11.6. The summed E-state index contributed by atoms with van der Waals surface area (Å²) in [5, 5.41) is 12.4. The third-order valence-electron chi connectivity index (χ3n) is 2.33. The molecule has 0 radical (unpaired) electrons. The standard InChI is InChI=1S/C12H21N5O4/c1-4-13-12(19)14-10(18)8-17-7-9(15-16-17)11(20-5-2)21-6-3/h7,11H,4-6,8H2,1-3H3,(H2,13,14,18,19). The molecule has 1 aromatic heterocycles. The second-order valence-electron chi connectivity index (χ2n) is 3.99. The van der Waals surface area contributed by atoms with Crippen molar-refractivity contribution < 1.29 is 19.1 Å². The van der Waals surface area contributed by atoms with Gasteiger partial charge >= 0.3 is 6.03 Å². The minimum absolute atomic E-state index is 0.116. The molecule has 0 bridgehead atoms. The zero-order chi connectivity index (χ0) is 15.7. The zero-order valence-electron chi connectivity index (χ0n) is 12.5. The number of nitrogens with zero attached hydrogens (tertiary/aromatic N) is 3. The molecule has 0 fully saturated rings. The van der Waals surface area contributed by atoms with Crippen LogP contribution in [0.15, 0.2) is 6.20 Å². The molecule has 1 heterocycles. The molecule has 0 aliphatic carbocycles. The van der Waals surface area contributed by atoms with Gasteiger partial charge in [-0.3, -0.25) is 10.1 Å². The van der Waals surface area contributed by atoms with E-state index in [1.165, 1.54) is 4.68 Å². The van der Waals surface area contributed by atoms with Gasteiger partial charge in [0.15, 0.2) is 0 Å². The van der Waals surface area contributed by atoms with Crippen LogP contribution in [0, 0.1) is 0 Å². The Morgan fingerprint density at radius 3 is 2.52 bits per heavy atom. The first-order valence-corrected chi connectivity index (χ1v) is 6.81. The molecule has 0 aromatic carbocycles. The summed E-state index contributed by atoms with van der Waals surface area (Å²) in [5.41, 5.74) is 0.476. The molecule has 1 aromatic rings. The van der Waals surface area contributed by atoms with E-state index < -0.39 is 18.2 Å². The summed E-state index contributed by atoms with van der Waals surface area (Å²) >= 11 is 0. The molecule has 2 N–H and O–H groups in total. The number of carbonyl (C=O) groups excluding carboxylic acids is 2. The second kappa shape index (κ2) is 9.03. The Balaban J connectivity index is 2.57. The first-order valence-electron chi connectivity index (χ1n) is 6.81. The molecule has 0 atom stereocenters. The maximum atomic E-state index is 11.6. The summed E-state index contributed by atoms with van der Waals surface area (Å²) < 4.78 is 12.1. The summed E-state index contributed by atoms with van der Waals surface area (Å²) in [4.78, 5) is 22.8. The van der Waals surface area contributed by atoms with Crippen molar-refractivity contribution in [2.24, 2.45) is 0 Å². The second-order valence-corrected chi connectivity index (χ2v) is 3.99. The van der Waals surface area contributed by atoms with Crippen LogP contribution in [0.1, 0.15) is 32.8 Å². The molecular weight excluding hydrogens is 278 g/mol. The first kappa shape index (κ1) is 17.1. The van der Waals surface area contributed by atoms with Crippen molar-refractivity contribution in [1.82, 2.24) is 25.6 Å². The lowest BCUT2D eigenvalue weighted by Crippen LogP contribution is -2.40. The highest BCUT2D eigenvalue weighted by Gasteiger charge is 2.17. The molecule has 118 valence electrons. The quantitative estimate of drug-likeness (QED) is 0.664. The van der Waals surface area contributed by atoms with Gasteiger partial charge in [-0.15, -0.1) is 5.10 Å². The number of amides is 3. The Labute approximate surface area is 123 Å². The molecule has 1 rings (SSSR count). The maximum Gasteiger partial charge on any atom is 0.321 e. The fourth-order valence-electron chi connectivity index (χ4n) is 1.54. The lowest BCUT2D eigenvalue weighted by Gasteiger charge is -2.13. The van der Waals surface area contributed by atoms with E-state index in [4.69, 9.17) is 9.47 Å². The Morgan fingerprint density at radius 1 is 1.29 bits per heavy atom. The van der Waals surface area contributed by atoms with Gasteiger partial charge in [0.1, 0.15) is 12.2 Å². The summed E-state index contributed by atoms with van der Waals surface area (Å²) in [6, 6.07) is -0.538. The number of carbonyl (C=O) groups is 2. The Bertz CT molecular complexity index is 456. The van der Waals surface area contributed by atoms with Crippen LogP contribution in [0.4, 0.5) is 4.79 Å². The van der Waals surface area contributed by atoms with Gasteiger partial charge in [0, 0.05) is 19.8 Å². The van der Waals surface area contributed by atoms with Gasteiger partial charge in [-0.25, -0.2) is 9.48 Å². The molecule has 9 heteroatoms. The van der Waals surface area contributed by atoms with Crippen molar-refractivity contribution in [2.75, 3.05) is 19.8 Å². The van der Waals surface area contributed by atoms with Crippen LogP contribution in [0.25, 0.3) is 0 Å². The number of aromatic nitrogens is 3. The van der Waals surface area contributed by atoms with Crippen LogP contribution in [-0.4, -0.2) is 46.7 Å². The number of imide groups is 1. The molecule has 0 aliphatic rings. The zero-order valence-corrected chi connectivity index (χ0v) is 12.5. The summed E-state index contributed by atoms with van der Waals surface area (Å²) in [6.45, 7) is 6.71. The largest absolute Gasteiger partial charge is 0.347 e. The van der Waals surface area contributed by atoms with Gasteiger partial charge in [-0.05, 0) is 20.8 Å². The summed E-state index contributed by atoms with van der Waals surface area (Å²) in [7, 11) is 0. The average molecular weight is 299 g/mol. The number of nitrogens with one attached hydrogen (secondary N) is 2. The topological polar surface area (TPSA) is 107 Å². The van der Waals surface area contributed by atoms with E-state index in [1.54, 1.807) is 13.1 Å². The van der Waals surface area contributed by atoms with E-state index in [0.29, 0.717) is 25.5 Å². The van der Waals surface area contributed by atoms with E-state index >= 15 is 0 Å². The van der Waals surface area contributed by atoms with Crippen molar-refractivity contribution in [3.8, 4) is 0 Å². The predicted molar refractivity (Wildman–Crippen MR) is 73.2 cm³/mol. The van der Waals surface area contributed by atoms with E-state index in [9.17, 15) is 9.59 Å². The molecule has 0 aliphatic heterocycles. The van der Waals surface area contributed by atoms with Crippen LogP contribution in [0.5, 0.6) is 0 Å². The van der Waals surface area contributed by atoms with Gasteiger partial charge in [-0.1, -0.05) is 5.21 Å². The Hall–Kier alpha value is -2.00. The molecule has 9 nitrogen and oxygen atoms in total. The third kappa shape index (κ3) is 5.88. The minimum atomic E-state index is -0.611. The highest BCUT2D eigenvalue weighted by atomic mass is 16.7. The van der Waals surface area contributed by atoms with E-state index in [2.05, 4.69) is 20.9 Å². The number of hydrogen-bond donors (Lipinski definition) is 2. The van der Waals surface area contributed by atoms with E-state index in [1.807, 2.05) is 13.8 Å². The van der Waals surface area contributed by atoms with Crippen LogP contribution in [0.2, 0.25) is 0 Å². The normalized spacial score (nSPS) is 10.7. The van der Waals surface area contributed by atoms with Gasteiger partial charge in [-0.2, -0.15) is 0 Å². The predicted octanol–water partition coefficient (Wildman–Crippen LogP) is 0.195. The first-order chi connectivity index (χ1) is 10.1. The van der Waals surface area contributed by atoms with Crippen LogP contribution >= 0.6 is 0 Å². The van der Waals surface area contributed by atoms with Crippen molar-refractivity contribution in [2.45, 2.75) is 33.6 Å². The van der Waals surface area contributed by atoms with Crippen molar-refractivity contribution in [3.63, 3.8) is 0 Å². The Morgan fingerprint density at radius 2 is 1.95 bits per heavy atom. The lowest BCUT2D eigenvalue weighted by molar-refractivity contribution is -0.142. The summed E-state index contributed by atoms with van der Waals surface area (Å²) in [6.07, 6.45) is 0.938. The molecule has 21 heavy (non-hydrogen) atoms. The molecule has 0 saturated carbocycles. The number of rotatable bonds is 8. The smallest absolute Gasteiger partial charge is 0.321 e. The van der Waals surface area contributed by atoms with Crippen molar-refractivity contribution >= 4 is 11.9 Å². The number of ether oxygens (including phenoxy) is 2. The van der Waals surface area contributed by atoms with Crippen molar-refractivity contribution in [1.29, 1.82) is 0 Å². The highest BCUT2D eigenvalue weighted by Crippen LogP contribution is 2.15. The van der Waals surface area contributed by atoms with Crippen LogP contribution in [-0.2, 0) is 20.8 Å². The fraction of sp³-hybridized carbons (Fsp3) is 0.667. The molecule has 3 amide bonds. The molecule has 0 unspecified atom stereocenters. The van der Waals surface area contributed by atoms with E-state index in [-0.39, 0.29) is 6.54 Å². The lowest BCUT2D eigenvalue weighted by atomic mass is 10.4.